The summed E-state index contributed by atoms with van der Waals surface area (Å²) in [6.07, 6.45) is 3.39. The second-order valence-electron chi connectivity index (χ2n) is 7.25. The monoisotopic (exact) mass is 437 g/mol. The minimum atomic E-state index is -0.169. The van der Waals surface area contributed by atoms with Gasteiger partial charge in [0.1, 0.15) is 18.1 Å². The molecule has 3 aromatic carbocycles. The fourth-order valence-corrected chi connectivity index (χ4v) is 3.29. The van der Waals surface area contributed by atoms with E-state index in [2.05, 4.69) is 24.4 Å². The van der Waals surface area contributed by atoms with Crippen LogP contribution in [-0.2, 0) is 13.0 Å². The molecule has 0 saturated carbocycles. The van der Waals surface area contributed by atoms with E-state index in [1.54, 1.807) is 18.2 Å². The summed E-state index contributed by atoms with van der Waals surface area (Å²) in [5, 5.41) is 3.62. The van der Waals surface area contributed by atoms with Gasteiger partial charge in [0.25, 0.3) is 5.91 Å². The van der Waals surface area contributed by atoms with Crippen molar-refractivity contribution in [2.75, 3.05) is 11.9 Å². The molecule has 0 aliphatic rings. The molecule has 0 heterocycles. The molecule has 31 heavy (non-hydrogen) atoms. The van der Waals surface area contributed by atoms with Crippen LogP contribution in [0.5, 0.6) is 11.5 Å². The van der Waals surface area contributed by atoms with Gasteiger partial charge in [-0.15, -0.1) is 0 Å². The average Bonchev–Trinajstić information content (AvgIpc) is 2.79. The molecule has 1 amide bonds. The second-order valence-corrected chi connectivity index (χ2v) is 7.69. The molecule has 0 aromatic heterocycles. The molecule has 162 valence electrons. The normalized spacial score (nSPS) is 10.5. The van der Waals surface area contributed by atoms with E-state index in [9.17, 15) is 4.79 Å². The number of amides is 1. The summed E-state index contributed by atoms with van der Waals surface area (Å²) in [7, 11) is 0. The maximum absolute atomic E-state index is 12.8. The van der Waals surface area contributed by atoms with Crippen molar-refractivity contribution in [1.82, 2.24) is 0 Å². The first kappa shape index (κ1) is 22.7. The van der Waals surface area contributed by atoms with E-state index in [0.29, 0.717) is 28.7 Å². The number of ether oxygens (including phenoxy) is 2. The van der Waals surface area contributed by atoms with Crippen molar-refractivity contribution >= 4 is 23.2 Å². The third-order valence-electron chi connectivity index (χ3n) is 4.86. The van der Waals surface area contributed by atoms with Crippen LogP contribution < -0.4 is 14.8 Å². The SMILES string of the molecule is CCCCc1ccc(NC(=O)c2ccc(OCC)c(COc3ccc(Cl)cc3)c2)cc1. The van der Waals surface area contributed by atoms with Crippen molar-refractivity contribution in [2.45, 2.75) is 39.7 Å². The summed E-state index contributed by atoms with van der Waals surface area (Å²) in [4.78, 5) is 12.8. The lowest BCUT2D eigenvalue weighted by Gasteiger charge is -2.14. The lowest BCUT2D eigenvalue weighted by Crippen LogP contribution is -2.13. The quantitative estimate of drug-likeness (QED) is 0.374. The number of hydrogen-bond donors (Lipinski definition) is 1. The topological polar surface area (TPSA) is 47.6 Å². The highest BCUT2D eigenvalue weighted by Gasteiger charge is 2.12. The van der Waals surface area contributed by atoms with Gasteiger partial charge in [0, 0.05) is 21.8 Å². The van der Waals surface area contributed by atoms with Crippen LogP contribution >= 0.6 is 11.6 Å². The van der Waals surface area contributed by atoms with Crippen LogP contribution in [-0.4, -0.2) is 12.5 Å². The van der Waals surface area contributed by atoms with Crippen molar-refractivity contribution in [3.63, 3.8) is 0 Å². The van der Waals surface area contributed by atoms with Gasteiger partial charge in [-0.2, -0.15) is 0 Å². The van der Waals surface area contributed by atoms with Gasteiger partial charge in [-0.3, -0.25) is 4.79 Å². The number of carbonyl (C=O) groups is 1. The van der Waals surface area contributed by atoms with Crippen molar-refractivity contribution in [3.05, 3.63) is 88.4 Å². The Morgan fingerprint density at radius 2 is 1.68 bits per heavy atom. The van der Waals surface area contributed by atoms with Crippen LogP contribution in [0.15, 0.2) is 66.7 Å². The molecule has 3 rings (SSSR count). The molecule has 0 unspecified atom stereocenters. The van der Waals surface area contributed by atoms with Crippen LogP contribution in [0.25, 0.3) is 0 Å². The summed E-state index contributed by atoms with van der Waals surface area (Å²) in [5.74, 6) is 1.23. The third kappa shape index (κ3) is 6.76. The molecular formula is C26H28ClNO3. The predicted molar refractivity (Wildman–Crippen MR) is 126 cm³/mol. The van der Waals surface area contributed by atoms with E-state index in [-0.39, 0.29) is 12.5 Å². The Kier molecular flexibility index (Phi) is 8.36. The Balaban J connectivity index is 1.70. The maximum Gasteiger partial charge on any atom is 0.255 e. The molecule has 0 spiro atoms. The zero-order valence-corrected chi connectivity index (χ0v) is 18.7. The fraction of sp³-hybridized carbons (Fsp3) is 0.269. The van der Waals surface area contributed by atoms with Gasteiger partial charge < -0.3 is 14.8 Å². The molecule has 4 nitrogen and oxygen atoms in total. The summed E-state index contributed by atoms with van der Waals surface area (Å²) < 4.78 is 11.6. The lowest BCUT2D eigenvalue weighted by atomic mass is 10.1. The first-order valence-electron chi connectivity index (χ1n) is 10.6. The van der Waals surface area contributed by atoms with Gasteiger partial charge >= 0.3 is 0 Å². The second kappa shape index (κ2) is 11.4. The largest absolute Gasteiger partial charge is 0.493 e. The standard InChI is InChI=1S/C26H28ClNO3/c1-3-5-6-19-7-12-23(13-8-19)28-26(29)20-9-16-25(30-4-2)21(17-20)18-31-24-14-10-22(27)11-15-24/h7-17H,3-6,18H2,1-2H3,(H,28,29). The summed E-state index contributed by atoms with van der Waals surface area (Å²) >= 11 is 5.93. The van der Waals surface area contributed by atoms with Crippen molar-refractivity contribution in [2.24, 2.45) is 0 Å². The van der Waals surface area contributed by atoms with E-state index in [1.807, 2.05) is 43.3 Å². The van der Waals surface area contributed by atoms with Gasteiger partial charge in [0.15, 0.2) is 0 Å². The van der Waals surface area contributed by atoms with Gasteiger partial charge in [-0.25, -0.2) is 0 Å². The van der Waals surface area contributed by atoms with Crippen LogP contribution in [0.4, 0.5) is 5.69 Å². The average molecular weight is 438 g/mol. The summed E-state index contributed by atoms with van der Waals surface area (Å²) in [5.41, 5.74) is 3.41. The van der Waals surface area contributed by atoms with Crippen LogP contribution in [0.3, 0.4) is 0 Å². The van der Waals surface area contributed by atoms with Gasteiger partial charge in [-0.05, 0) is 79.9 Å². The third-order valence-corrected chi connectivity index (χ3v) is 5.11. The van der Waals surface area contributed by atoms with Crippen LogP contribution in [0.1, 0.15) is 48.2 Å². The highest BCUT2D eigenvalue weighted by Crippen LogP contribution is 2.24. The molecular weight excluding hydrogens is 410 g/mol. The van der Waals surface area contributed by atoms with Crippen LogP contribution in [0, 0.1) is 0 Å². The maximum atomic E-state index is 12.8. The predicted octanol–water partition coefficient (Wildman–Crippen LogP) is 6.91. The van der Waals surface area contributed by atoms with Gasteiger partial charge in [0.2, 0.25) is 0 Å². The van der Waals surface area contributed by atoms with Gasteiger partial charge in [-0.1, -0.05) is 37.1 Å². The Hall–Kier alpha value is -2.98. The Morgan fingerprint density at radius 3 is 2.35 bits per heavy atom. The van der Waals surface area contributed by atoms with E-state index in [4.69, 9.17) is 21.1 Å². The molecule has 0 fully saturated rings. The van der Waals surface area contributed by atoms with E-state index in [0.717, 1.165) is 17.7 Å². The first-order valence-corrected chi connectivity index (χ1v) is 11.0. The number of nitrogens with one attached hydrogen (secondary N) is 1. The first-order chi connectivity index (χ1) is 15.1. The Morgan fingerprint density at radius 1 is 0.935 bits per heavy atom. The zero-order chi connectivity index (χ0) is 22.1. The summed E-state index contributed by atoms with van der Waals surface area (Å²) in [6, 6.07) is 20.6. The minimum absolute atomic E-state index is 0.169. The van der Waals surface area contributed by atoms with Crippen molar-refractivity contribution in [1.29, 1.82) is 0 Å². The number of benzene rings is 3. The number of unbranched alkanes of at least 4 members (excludes halogenated alkanes) is 1. The molecule has 0 bridgehead atoms. The number of carbonyl (C=O) groups excluding carboxylic acids is 1. The molecule has 0 aliphatic heterocycles. The van der Waals surface area contributed by atoms with E-state index in [1.165, 1.54) is 18.4 Å². The smallest absolute Gasteiger partial charge is 0.255 e. The Bertz CT molecular complexity index is 985. The fourth-order valence-electron chi connectivity index (χ4n) is 3.16. The number of aryl methyl sites for hydroxylation is 1. The molecule has 3 aromatic rings. The molecule has 1 N–H and O–H groups in total. The zero-order valence-electron chi connectivity index (χ0n) is 18.0. The number of halogens is 1. The number of rotatable bonds is 10. The molecule has 0 saturated heterocycles. The van der Waals surface area contributed by atoms with Gasteiger partial charge in [0.05, 0.1) is 6.61 Å². The lowest BCUT2D eigenvalue weighted by molar-refractivity contribution is 0.102. The number of hydrogen-bond acceptors (Lipinski definition) is 3. The molecule has 0 atom stereocenters. The molecule has 0 radical (unpaired) electrons. The van der Waals surface area contributed by atoms with E-state index < -0.39 is 0 Å². The van der Waals surface area contributed by atoms with Crippen molar-refractivity contribution < 1.29 is 14.3 Å². The van der Waals surface area contributed by atoms with Crippen molar-refractivity contribution in [3.8, 4) is 11.5 Å². The number of anilines is 1. The minimum Gasteiger partial charge on any atom is -0.493 e. The van der Waals surface area contributed by atoms with E-state index >= 15 is 0 Å². The Labute approximate surface area is 189 Å². The highest BCUT2D eigenvalue weighted by molar-refractivity contribution is 6.30. The summed E-state index contributed by atoms with van der Waals surface area (Å²) in [6.45, 7) is 4.92. The van der Waals surface area contributed by atoms with Crippen LogP contribution in [0.2, 0.25) is 5.02 Å². The molecule has 5 heteroatoms. The molecule has 0 aliphatic carbocycles. The highest BCUT2D eigenvalue weighted by atomic mass is 35.5.